The fraction of sp³-hybridized carbons (Fsp3) is 0.500. The van der Waals surface area contributed by atoms with E-state index < -0.39 is 0 Å². The second kappa shape index (κ2) is 8.69. The smallest absolute Gasteiger partial charge is 0.236 e. The molecule has 4 rings (SSSR count). The van der Waals surface area contributed by atoms with Crippen LogP contribution in [0.25, 0.3) is 11.3 Å². The van der Waals surface area contributed by atoms with E-state index in [1.807, 2.05) is 35.4 Å². The van der Waals surface area contributed by atoms with Gasteiger partial charge in [0.05, 0.1) is 31.2 Å². The van der Waals surface area contributed by atoms with Crippen molar-refractivity contribution in [2.75, 3.05) is 39.8 Å². The van der Waals surface area contributed by atoms with Gasteiger partial charge in [0.25, 0.3) is 0 Å². The van der Waals surface area contributed by atoms with Crippen LogP contribution in [0.2, 0.25) is 0 Å². The molecule has 0 N–H and O–H groups in total. The molecule has 2 fully saturated rings. The van der Waals surface area contributed by atoms with Gasteiger partial charge in [0.1, 0.15) is 5.75 Å². The minimum atomic E-state index is 0.275. The molecule has 0 aliphatic carbocycles. The number of hydrogen-bond donors (Lipinski definition) is 0. The van der Waals surface area contributed by atoms with Gasteiger partial charge in [0, 0.05) is 30.8 Å². The van der Waals surface area contributed by atoms with Crippen molar-refractivity contribution in [3.63, 3.8) is 0 Å². The van der Waals surface area contributed by atoms with Crippen LogP contribution < -0.4 is 4.74 Å². The Bertz CT molecular complexity index is 812. The predicted octanol–water partition coefficient (Wildman–Crippen LogP) is 2.95. The third kappa shape index (κ3) is 4.33. The standard InChI is InChI=1S/C22H28N4O2/c1-28-19-6-4-5-18(13-19)21-15-23-14-20(24-21)17-7-11-26(12-8-17)22(27)16-25-9-2-3-10-25/h4-6,13-15,17H,2-3,7-12,16H2,1H3. The third-order valence-electron chi connectivity index (χ3n) is 5.84. The summed E-state index contributed by atoms with van der Waals surface area (Å²) < 4.78 is 5.32. The summed E-state index contributed by atoms with van der Waals surface area (Å²) in [6.07, 6.45) is 8.00. The summed E-state index contributed by atoms with van der Waals surface area (Å²) in [5.74, 6) is 1.44. The molecule has 2 aliphatic heterocycles. The van der Waals surface area contributed by atoms with Gasteiger partial charge in [-0.2, -0.15) is 0 Å². The SMILES string of the molecule is COc1cccc(-c2cncc(C3CCN(C(=O)CN4CCCC4)CC3)n2)c1. The Morgan fingerprint density at radius 2 is 1.93 bits per heavy atom. The molecule has 1 aromatic heterocycles. The lowest BCUT2D eigenvalue weighted by Crippen LogP contribution is -2.43. The van der Waals surface area contributed by atoms with Crippen LogP contribution in [-0.4, -0.2) is 65.5 Å². The highest BCUT2D eigenvalue weighted by atomic mass is 16.5. The Hall–Kier alpha value is -2.47. The highest BCUT2D eigenvalue weighted by molar-refractivity contribution is 5.78. The summed E-state index contributed by atoms with van der Waals surface area (Å²) in [4.78, 5) is 26.1. The van der Waals surface area contributed by atoms with E-state index in [-0.39, 0.29) is 5.91 Å². The zero-order valence-electron chi connectivity index (χ0n) is 16.5. The van der Waals surface area contributed by atoms with E-state index >= 15 is 0 Å². The van der Waals surface area contributed by atoms with Crippen LogP contribution in [0.5, 0.6) is 5.75 Å². The first-order valence-corrected chi connectivity index (χ1v) is 10.2. The topological polar surface area (TPSA) is 58.6 Å². The zero-order valence-corrected chi connectivity index (χ0v) is 16.5. The van der Waals surface area contributed by atoms with Gasteiger partial charge in [0.2, 0.25) is 5.91 Å². The van der Waals surface area contributed by atoms with E-state index in [2.05, 4.69) is 9.88 Å². The van der Waals surface area contributed by atoms with Crippen LogP contribution in [0.1, 0.15) is 37.3 Å². The van der Waals surface area contributed by atoms with Crippen molar-refractivity contribution in [1.82, 2.24) is 19.8 Å². The number of ether oxygens (including phenoxy) is 1. The van der Waals surface area contributed by atoms with Gasteiger partial charge < -0.3 is 9.64 Å². The van der Waals surface area contributed by atoms with E-state index in [0.717, 1.165) is 61.7 Å². The lowest BCUT2D eigenvalue weighted by molar-refractivity contribution is -0.133. The minimum Gasteiger partial charge on any atom is -0.497 e. The summed E-state index contributed by atoms with van der Waals surface area (Å²) in [6, 6.07) is 7.89. The van der Waals surface area contributed by atoms with Crippen molar-refractivity contribution in [3.05, 3.63) is 42.4 Å². The molecule has 3 heterocycles. The molecule has 148 valence electrons. The summed E-state index contributed by atoms with van der Waals surface area (Å²) in [5, 5.41) is 0. The quantitative estimate of drug-likeness (QED) is 0.798. The Balaban J connectivity index is 1.38. The molecule has 0 bridgehead atoms. The van der Waals surface area contributed by atoms with Gasteiger partial charge >= 0.3 is 0 Å². The van der Waals surface area contributed by atoms with Gasteiger partial charge in [-0.15, -0.1) is 0 Å². The Morgan fingerprint density at radius 3 is 2.68 bits per heavy atom. The molecule has 28 heavy (non-hydrogen) atoms. The van der Waals surface area contributed by atoms with Gasteiger partial charge in [0.15, 0.2) is 0 Å². The molecule has 1 amide bonds. The first-order valence-electron chi connectivity index (χ1n) is 10.2. The maximum atomic E-state index is 12.5. The summed E-state index contributed by atoms with van der Waals surface area (Å²) >= 11 is 0. The molecule has 0 saturated carbocycles. The Labute approximate surface area is 166 Å². The van der Waals surface area contributed by atoms with E-state index in [0.29, 0.717) is 12.5 Å². The van der Waals surface area contributed by atoms with Crippen molar-refractivity contribution < 1.29 is 9.53 Å². The number of carbonyl (C=O) groups is 1. The van der Waals surface area contributed by atoms with Crippen LogP contribution in [0, 0.1) is 0 Å². The van der Waals surface area contributed by atoms with Gasteiger partial charge in [-0.3, -0.25) is 14.7 Å². The van der Waals surface area contributed by atoms with Gasteiger partial charge in [-0.05, 0) is 50.9 Å². The summed E-state index contributed by atoms with van der Waals surface area (Å²) in [5.41, 5.74) is 2.89. The number of methoxy groups -OCH3 is 1. The molecule has 2 aromatic rings. The first-order chi connectivity index (χ1) is 13.7. The van der Waals surface area contributed by atoms with Gasteiger partial charge in [-0.25, -0.2) is 4.98 Å². The van der Waals surface area contributed by atoms with E-state index in [4.69, 9.17) is 9.72 Å². The Morgan fingerprint density at radius 1 is 1.14 bits per heavy atom. The summed E-state index contributed by atoms with van der Waals surface area (Å²) in [7, 11) is 1.67. The van der Waals surface area contributed by atoms with Crippen molar-refractivity contribution in [3.8, 4) is 17.0 Å². The number of hydrogen-bond acceptors (Lipinski definition) is 5. The molecule has 0 atom stereocenters. The van der Waals surface area contributed by atoms with Crippen LogP contribution in [0.3, 0.4) is 0 Å². The van der Waals surface area contributed by atoms with Crippen molar-refractivity contribution in [2.45, 2.75) is 31.6 Å². The number of aromatic nitrogens is 2. The number of piperidine rings is 1. The molecule has 1 aromatic carbocycles. The fourth-order valence-electron chi connectivity index (χ4n) is 4.16. The lowest BCUT2D eigenvalue weighted by atomic mass is 9.93. The molecule has 0 radical (unpaired) electrons. The van der Waals surface area contributed by atoms with Crippen LogP contribution in [0.4, 0.5) is 0 Å². The van der Waals surface area contributed by atoms with E-state index in [1.165, 1.54) is 12.8 Å². The zero-order chi connectivity index (χ0) is 19.3. The van der Waals surface area contributed by atoms with Crippen molar-refractivity contribution in [2.24, 2.45) is 0 Å². The van der Waals surface area contributed by atoms with E-state index in [1.54, 1.807) is 13.3 Å². The maximum absolute atomic E-state index is 12.5. The van der Waals surface area contributed by atoms with Gasteiger partial charge in [-0.1, -0.05) is 12.1 Å². The fourth-order valence-corrected chi connectivity index (χ4v) is 4.16. The average Bonchev–Trinajstić information content (AvgIpc) is 3.27. The average molecular weight is 380 g/mol. The molecular weight excluding hydrogens is 352 g/mol. The molecule has 6 heteroatoms. The van der Waals surface area contributed by atoms with E-state index in [9.17, 15) is 4.79 Å². The molecule has 6 nitrogen and oxygen atoms in total. The summed E-state index contributed by atoms with van der Waals surface area (Å²) in [6.45, 7) is 4.32. The number of amides is 1. The highest BCUT2D eigenvalue weighted by Gasteiger charge is 2.26. The second-order valence-electron chi connectivity index (χ2n) is 7.70. The monoisotopic (exact) mass is 380 g/mol. The minimum absolute atomic E-state index is 0.275. The number of likely N-dealkylation sites (tertiary alicyclic amines) is 2. The molecule has 2 aliphatic rings. The second-order valence-corrected chi connectivity index (χ2v) is 7.70. The van der Waals surface area contributed by atoms with Crippen molar-refractivity contribution >= 4 is 5.91 Å². The lowest BCUT2D eigenvalue weighted by Gasteiger charge is -2.32. The van der Waals surface area contributed by atoms with Crippen molar-refractivity contribution in [1.29, 1.82) is 0 Å². The number of carbonyl (C=O) groups excluding carboxylic acids is 1. The maximum Gasteiger partial charge on any atom is 0.236 e. The Kier molecular flexibility index (Phi) is 5.86. The number of benzene rings is 1. The number of nitrogens with zero attached hydrogens (tertiary/aromatic N) is 4. The third-order valence-corrected chi connectivity index (χ3v) is 5.84. The number of rotatable bonds is 5. The van der Waals surface area contributed by atoms with Crippen LogP contribution >= 0.6 is 0 Å². The predicted molar refractivity (Wildman–Crippen MR) is 108 cm³/mol. The normalized spacial score (nSPS) is 18.4. The molecular formula is C22H28N4O2. The molecule has 0 unspecified atom stereocenters. The molecule has 0 spiro atoms. The van der Waals surface area contributed by atoms with Crippen LogP contribution in [0.15, 0.2) is 36.7 Å². The largest absolute Gasteiger partial charge is 0.497 e. The highest BCUT2D eigenvalue weighted by Crippen LogP contribution is 2.29. The molecule has 2 saturated heterocycles. The van der Waals surface area contributed by atoms with Crippen LogP contribution in [-0.2, 0) is 4.79 Å². The first kappa shape index (κ1) is 18.9.